The number of halogens is 1. The third-order valence-electron chi connectivity index (χ3n) is 20.6. The predicted octanol–water partition coefficient (Wildman–Crippen LogP) is 6.17. The van der Waals surface area contributed by atoms with Crippen molar-refractivity contribution < 1.29 is 100.0 Å². The van der Waals surface area contributed by atoms with Crippen LogP contribution in [-0.4, -0.2) is 327 Å². The lowest BCUT2D eigenvalue weighted by atomic mass is 9.88. The van der Waals surface area contributed by atoms with Gasteiger partial charge in [-0.3, -0.25) is 43.3 Å². The summed E-state index contributed by atoms with van der Waals surface area (Å²) in [6.07, 6.45) is 6.80. The van der Waals surface area contributed by atoms with E-state index in [0.29, 0.717) is 142 Å². The number of carbonyl (C=O) groups excluding carboxylic acids is 9. The molecule has 0 saturated carbocycles. The van der Waals surface area contributed by atoms with Gasteiger partial charge in [-0.25, -0.2) is 14.8 Å². The number of likely N-dealkylation sites (tertiary alicyclic amines) is 1. The van der Waals surface area contributed by atoms with E-state index in [1.165, 1.54) is 38.4 Å². The SMILES string of the molecule is CC(=O)N1c2ccc(-c3ccc(C(=O)NCCOCCOCCOCCOCCOCCOCCOCCOCCNC(=O)c4nc(NC(=O)CCNC(=O)c5cc(NC(=O)c6nc(NC(=O)CCNC(=O)COCCOCCOCCN7CCN(CC8CCN(C(=O)OC(C)(C)C)CC8)CC7)cn6C)cn5C)cn4C)cc3)cc2[C@H](Nc2ccc(Cl)cc2)C[C@@H]1C. The number of rotatable bonds is 56. The first-order valence-electron chi connectivity index (χ1n) is 43.4. The number of anilines is 5. The minimum absolute atomic E-state index is 0.00544. The first kappa shape index (κ1) is 101. The summed E-state index contributed by atoms with van der Waals surface area (Å²) < 4.78 is 71.4. The molecule has 9 amide bonds. The Kier molecular flexibility index (Phi) is 43.1. The number of hydrogen-bond acceptors (Lipinski definition) is 26. The first-order chi connectivity index (χ1) is 61.3. The summed E-state index contributed by atoms with van der Waals surface area (Å²) in [5, 5.41) is 23.2. The second-order valence-electron chi connectivity index (χ2n) is 31.8. The minimum Gasteiger partial charge on any atom is -0.444 e. The highest BCUT2D eigenvalue weighted by Crippen LogP contribution is 2.41. The first-order valence-corrected chi connectivity index (χ1v) is 43.8. The van der Waals surface area contributed by atoms with Crippen molar-refractivity contribution >= 4 is 93.6 Å². The number of piperazine rings is 1. The molecule has 0 aliphatic carbocycles. The molecular formula is C88H128ClN17O21. The number of carbonyl (C=O) groups is 9. The molecule has 127 heavy (non-hydrogen) atoms. The number of nitrogens with one attached hydrogen (secondary N) is 8. The second-order valence-corrected chi connectivity index (χ2v) is 32.2. The summed E-state index contributed by atoms with van der Waals surface area (Å²) in [5.41, 5.74) is 5.29. The van der Waals surface area contributed by atoms with Crippen LogP contribution in [0.2, 0.25) is 5.02 Å². The third kappa shape index (κ3) is 36.2. The lowest BCUT2D eigenvalue weighted by molar-refractivity contribution is -0.126. The molecule has 0 spiro atoms. The number of aryl methyl sites for hydroxylation is 3. The van der Waals surface area contributed by atoms with Crippen molar-refractivity contribution in [3.05, 3.63) is 125 Å². The molecule has 6 heterocycles. The van der Waals surface area contributed by atoms with Crippen molar-refractivity contribution in [1.82, 2.24) is 59.6 Å². The number of nitrogens with zero attached hydrogens (tertiary/aromatic N) is 9. The van der Waals surface area contributed by atoms with Gasteiger partial charge in [-0.2, -0.15) is 0 Å². The molecule has 9 rings (SSSR count). The molecule has 2 atom stereocenters. The van der Waals surface area contributed by atoms with Crippen LogP contribution in [0.5, 0.6) is 0 Å². The number of fused-ring (bicyclic) bond motifs is 1. The van der Waals surface area contributed by atoms with Gasteiger partial charge in [-0.15, -0.1) is 0 Å². The van der Waals surface area contributed by atoms with E-state index in [9.17, 15) is 43.2 Å². The van der Waals surface area contributed by atoms with Gasteiger partial charge >= 0.3 is 6.09 Å². The maximum atomic E-state index is 13.3. The van der Waals surface area contributed by atoms with E-state index in [1.807, 2.05) is 79.1 Å². The molecule has 8 N–H and O–H groups in total. The van der Waals surface area contributed by atoms with E-state index in [0.717, 1.165) is 99.7 Å². The van der Waals surface area contributed by atoms with Gasteiger partial charge in [0.15, 0.2) is 11.6 Å². The van der Waals surface area contributed by atoms with E-state index in [4.69, 9.17) is 68.4 Å². The number of hydrogen-bond donors (Lipinski definition) is 8. The predicted molar refractivity (Wildman–Crippen MR) is 476 cm³/mol. The lowest BCUT2D eigenvalue weighted by Crippen LogP contribution is -2.50. The van der Waals surface area contributed by atoms with Gasteiger partial charge in [-0.1, -0.05) is 29.8 Å². The zero-order valence-electron chi connectivity index (χ0n) is 74.4. The average Bonchev–Trinajstić information content (AvgIpc) is 1.29. The molecule has 39 heteroatoms. The molecule has 3 aromatic carbocycles. The van der Waals surface area contributed by atoms with Crippen LogP contribution in [0.25, 0.3) is 11.1 Å². The Balaban J connectivity index is 0.494. The van der Waals surface area contributed by atoms with Crippen LogP contribution in [0.3, 0.4) is 0 Å². The van der Waals surface area contributed by atoms with Gasteiger partial charge in [0, 0.05) is 166 Å². The third-order valence-corrected chi connectivity index (χ3v) is 20.9. The van der Waals surface area contributed by atoms with Crippen molar-refractivity contribution in [3.8, 4) is 11.1 Å². The van der Waals surface area contributed by atoms with Crippen molar-refractivity contribution in [2.45, 2.75) is 84.4 Å². The molecule has 2 saturated heterocycles. The van der Waals surface area contributed by atoms with Gasteiger partial charge in [0.25, 0.3) is 23.6 Å². The molecule has 6 aromatic rings. The molecule has 0 bridgehead atoms. The Morgan fingerprint density at radius 1 is 0.465 bits per heavy atom. The van der Waals surface area contributed by atoms with Crippen LogP contribution in [0.4, 0.5) is 33.5 Å². The summed E-state index contributed by atoms with van der Waals surface area (Å²) in [5.74, 6) is -2.25. The number of amides is 9. The Bertz CT molecular complexity index is 4410. The molecular weight excluding hydrogens is 1670 g/mol. The van der Waals surface area contributed by atoms with Gasteiger partial charge in [0.2, 0.25) is 35.3 Å². The molecule has 3 aliphatic rings. The number of ether oxygens (including phenoxy) is 12. The van der Waals surface area contributed by atoms with Gasteiger partial charge in [0.1, 0.15) is 17.9 Å². The molecule has 38 nitrogen and oxygen atoms in total. The summed E-state index contributed by atoms with van der Waals surface area (Å²) in [6, 6.07) is 22.6. The Morgan fingerprint density at radius 3 is 1.46 bits per heavy atom. The second kappa shape index (κ2) is 54.3. The van der Waals surface area contributed by atoms with Gasteiger partial charge < -0.3 is 128 Å². The smallest absolute Gasteiger partial charge is 0.410 e. The fraction of sp³-hybridized carbons (Fsp3) is 0.580. The van der Waals surface area contributed by atoms with Crippen LogP contribution in [-0.2, 0) is 97.2 Å². The van der Waals surface area contributed by atoms with Gasteiger partial charge in [0.05, 0.1) is 150 Å². The van der Waals surface area contributed by atoms with Crippen molar-refractivity contribution in [3.63, 3.8) is 0 Å². The maximum Gasteiger partial charge on any atom is 0.410 e. The van der Waals surface area contributed by atoms with E-state index in [2.05, 4.69) is 75.3 Å². The molecule has 698 valence electrons. The van der Waals surface area contributed by atoms with Gasteiger partial charge in [-0.05, 0) is 124 Å². The topological polar surface area (TPSA) is 414 Å². The summed E-state index contributed by atoms with van der Waals surface area (Å²) in [6.45, 7) is 24.9. The molecule has 3 aromatic heterocycles. The van der Waals surface area contributed by atoms with Crippen LogP contribution < -0.4 is 47.4 Å². The van der Waals surface area contributed by atoms with Crippen molar-refractivity contribution in [2.75, 3.05) is 250 Å². The van der Waals surface area contributed by atoms with Crippen LogP contribution in [0.15, 0.2) is 91.4 Å². The van der Waals surface area contributed by atoms with E-state index in [1.54, 1.807) is 40.2 Å². The molecule has 0 unspecified atom stereocenters. The zero-order chi connectivity index (χ0) is 90.7. The van der Waals surface area contributed by atoms with E-state index >= 15 is 0 Å². The monoisotopic (exact) mass is 1790 g/mol. The number of aromatic nitrogens is 5. The quantitative estimate of drug-likeness (QED) is 0.0198. The normalized spacial score (nSPS) is 15.0. The zero-order valence-corrected chi connectivity index (χ0v) is 75.2. The molecule has 2 fully saturated rings. The van der Waals surface area contributed by atoms with Crippen LogP contribution >= 0.6 is 11.6 Å². The number of imidazole rings is 2. The van der Waals surface area contributed by atoms with Crippen molar-refractivity contribution in [1.29, 1.82) is 0 Å². The minimum atomic E-state index is -0.617. The highest BCUT2D eigenvalue weighted by atomic mass is 35.5. The summed E-state index contributed by atoms with van der Waals surface area (Å²) >= 11 is 6.14. The average molecular weight is 1800 g/mol. The van der Waals surface area contributed by atoms with E-state index in [-0.39, 0.29) is 124 Å². The fourth-order valence-corrected chi connectivity index (χ4v) is 14.3. The maximum absolute atomic E-state index is 13.3. The Morgan fingerprint density at radius 2 is 0.937 bits per heavy atom. The lowest BCUT2D eigenvalue weighted by Gasteiger charge is -2.39. The molecule has 0 radical (unpaired) electrons. The highest BCUT2D eigenvalue weighted by Gasteiger charge is 2.34. The van der Waals surface area contributed by atoms with E-state index < -0.39 is 41.0 Å². The number of benzene rings is 3. The largest absolute Gasteiger partial charge is 0.444 e. The fourth-order valence-electron chi connectivity index (χ4n) is 14.2. The molecule has 3 aliphatic heterocycles. The number of piperidine rings is 1. The summed E-state index contributed by atoms with van der Waals surface area (Å²) in [7, 11) is 4.80. The Labute approximate surface area is 747 Å². The highest BCUT2D eigenvalue weighted by molar-refractivity contribution is 6.30. The van der Waals surface area contributed by atoms with Crippen LogP contribution in [0, 0.1) is 5.92 Å². The van der Waals surface area contributed by atoms with Crippen molar-refractivity contribution in [2.24, 2.45) is 27.1 Å². The Hall–Kier alpha value is -10.0. The summed E-state index contributed by atoms with van der Waals surface area (Å²) in [4.78, 5) is 133. The standard InChI is InChI=1S/C88H128ClN17O21/c1-63-55-73(94-70-16-14-69(89)15-17-70)72-56-68(13-18-74(72)106(63)64(2)107)66-9-11-67(12-10-66)83(111)92-25-34-116-37-40-119-43-45-121-47-49-123-51-52-124-50-48-122-46-44-120-41-38-117-35-26-93-85(113)81-98-76(60-101(81)7)96-79(109)20-24-91-84(112)75-57-71(59-100(75)6)95-86(114)82-99-77(61-102(82)8)97-78(108)19-23-90-80(110)62-126-54-53-125-42-39-118-36-33-103-29-31-104(32-30-103)58-65-21-27-105(28-22-65)87(115)127-88(3,4)5/h9-18,56-57,59-61,63,65,73,94H,19-55,58,62H2,1-8H3,(H,90,110)(H,91,112)(H,92,111)(H,93,113)(H,95,114)(H,96,109)(H,97,108)/t63-,73+/m0/s1. The van der Waals surface area contributed by atoms with Crippen LogP contribution in [0.1, 0.15) is 120 Å².